The zero-order chi connectivity index (χ0) is 17.0. The topological polar surface area (TPSA) is 60.9 Å². The van der Waals surface area contributed by atoms with E-state index < -0.39 is 0 Å². The van der Waals surface area contributed by atoms with Crippen molar-refractivity contribution in [2.24, 2.45) is 5.92 Å². The number of aliphatic hydroxyl groups is 1. The predicted octanol–water partition coefficient (Wildman–Crippen LogP) is 1.65. The summed E-state index contributed by atoms with van der Waals surface area (Å²) in [7, 11) is 0. The van der Waals surface area contributed by atoms with Crippen LogP contribution in [0.3, 0.4) is 0 Å². The van der Waals surface area contributed by atoms with E-state index in [0.717, 1.165) is 5.56 Å². The molecule has 1 unspecified atom stereocenters. The number of hydrogen-bond acceptors (Lipinski definition) is 3. The molecule has 5 heteroatoms. The molecule has 1 fully saturated rings. The minimum Gasteiger partial charge on any atom is -0.395 e. The van der Waals surface area contributed by atoms with E-state index >= 15 is 0 Å². The molecule has 0 aliphatic carbocycles. The van der Waals surface area contributed by atoms with Crippen molar-refractivity contribution in [2.45, 2.75) is 39.3 Å². The smallest absolute Gasteiger partial charge is 0.228 e. The Hall–Kier alpha value is -1.88. The average Bonchev–Trinajstić information content (AvgIpc) is 2.89. The van der Waals surface area contributed by atoms with Crippen LogP contribution < -0.4 is 0 Å². The van der Waals surface area contributed by atoms with Gasteiger partial charge in [0.15, 0.2) is 0 Å². The highest BCUT2D eigenvalue weighted by atomic mass is 16.3. The summed E-state index contributed by atoms with van der Waals surface area (Å²) in [5, 5.41) is 9.27. The number of likely N-dealkylation sites (tertiary alicyclic amines) is 1. The molecule has 0 spiro atoms. The Morgan fingerprint density at radius 2 is 1.96 bits per heavy atom. The molecule has 1 saturated heterocycles. The number of hydrogen-bond donors (Lipinski definition) is 1. The lowest BCUT2D eigenvalue weighted by Crippen LogP contribution is -2.44. The Morgan fingerprint density at radius 3 is 2.48 bits per heavy atom. The summed E-state index contributed by atoms with van der Waals surface area (Å²) >= 11 is 0. The molecule has 0 aromatic heterocycles. The number of carbonyl (C=O) groups excluding carboxylic acids is 2. The lowest BCUT2D eigenvalue weighted by molar-refractivity contribution is -0.137. The number of rotatable bonds is 5. The molecule has 126 valence electrons. The van der Waals surface area contributed by atoms with Gasteiger partial charge in [-0.05, 0) is 26.3 Å². The summed E-state index contributed by atoms with van der Waals surface area (Å²) in [6.45, 7) is 7.06. The van der Waals surface area contributed by atoms with Crippen LogP contribution in [0.25, 0.3) is 0 Å². The maximum absolute atomic E-state index is 12.8. The maximum atomic E-state index is 12.8. The molecule has 1 aliphatic rings. The van der Waals surface area contributed by atoms with Crippen molar-refractivity contribution >= 4 is 11.8 Å². The van der Waals surface area contributed by atoms with Gasteiger partial charge in [-0.15, -0.1) is 0 Å². The lowest BCUT2D eigenvalue weighted by Gasteiger charge is -2.32. The van der Waals surface area contributed by atoms with Gasteiger partial charge in [-0.3, -0.25) is 9.59 Å². The number of carbonyl (C=O) groups is 2. The van der Waals surface area contributed by atoms with Gasteiger partial charge in [0.05, 0.1) is 12.5 Å². The molecule has 1 aromatic rings. The Labute approximate surface area is 137 Å². The van der Waals surface area contributed by atoms with Crippen molar-refractivity contribution in [2.75, 3.05) is 19.7 Å². The second kappa shape index (κ2) is 7.13. The molecule has 1 aromatic carbocycles. The molecule has 1 heterocycles. The number of amides is 2. The Balaban J connectivity index is 2.08. The van der Waals surface area contributed by atoms with Gasteiger partial charge in [0, 0.05) is 31.6 Å². The van der Waals surface area contributed by atoms with Crippen LogP contribution >= 0.6 is 0 Å². The fraction of sp³-hybridized carbons (Fsp3) is 0.556. The normalized spacial score (nSPS) is 18.3. The molecule has 0 bridgehead atoms. The van der Waals surface area contributed by atoms with Crippen LogP contribution in [0.1, 0.15) is 32.8 Å². The van der Waals surface area contributed by atoms with Crippen LogP contribution in [0.2, 0.25) is 0 Å². The molecule has 2 amide bonds. The van der Waals surface area contributed by atoms with Crippen LogP contribution in [-0.4, -0.2) is 52.0 Å². The van der Waals surface area contributed by atoms with E-state index in [4.69, 9.17) is 0 Å². The van der Waals surface area contributed by atoms with Crippen molar-refractivity contribution in [1.82, 2.24) is 9.80 Å². The molecule has 5 nitrogen and oxygen atoms in total. The summed E-state index contributed by atoms with van der Waals surface area (Å²) in [5.41, 5.74) is 0.749. The van der Waals surface area contributed by atoms with Gasteiger partial charge in [0.2, 0.25) is 11.8 Å². The van der Waals surface area contributed by atoms with E-state index in [1.54, 1.807) is 9.80 Å². The first kappa shape index (κ1) is 17.5. The molecule has 1 aliphatic heterocycles. The molecule has 23 heavy (non-hydrogen) atoms. The second-order valence-electron chi connectivity index (χ2n) is 7.05. The quantitative estimate of drug-likeness (QED) is 0.898. The zero-order valence-corrected chi connectivity index (χ0v) is 14.2. The lowest BCUT2D eigenvalue weighted by atomic mass is 10.1. The highest BCUT2D eigenvalue weighted by Gasteiger charge is 2.40. The Morgan fingerprint density at radius 1 is 1.30 bits per heavy atom. The van der Waals surface area contributed by atoms with Crippen LogP contribution in [0.5, 0.6) is 0 Å². The van der Waals surface area contributed by atoms with Crippen LogP contribution in [-0.2, 0) is 16.1 Å². The molecule has 2 rings (SSSR count). The van der Waals surface area contributed by atoms with E-state index in [-0.39, 0.29) is 42.8 Å². The van der Waals surface area contributed by atoms with Crippen molar-refractivity contribution in [3.05, 3.63) is 35.9 Å². The summed E-state index contributed by atoms with van der Waals surface area (Å²) in [4.78, 5) is 28.4. The van der Waals surface area contributed by atoms with E-state index in [1.807, 2.05) is 51.1 Å². The minimum atomic E-state index is -0.322. The summed E-state index contributed by atoms with van der Waals surface area (Å²) in [5.74, 6) is -0.348. The molecular formula is C18H26N2O3. The van der Waals surface area contributed by atoms with Crippen molar-refractivity contribution < 1.29 is 14.7 Å². The van der Waals surface area contributed by atoms with Crippen LogP contribution in [0, 0.1) is 5.92 Å². The summed E-state index contributed by atoms with van der Waals surface area (Å²) in [6, 6.07) is 9.70. The Bertz CT molecular complexity index is 551. The zero-order valence-electron chi connectivity index (χ0n) is 14.2. The van der Waals surface area contributed by atoms with Gasteiger partial charge in [-0.2, -0.15) is 0 Å². The maximum Gasteiger partial charge on any atom is 0.228 e. The van der Waals surface area contributed by atoms with Gasteiger partial charge >= 0.3 is 0 Å². The van der Waals surface area contributed by atoms with E-state index in [1.165, 1.54) is 0 Å². The van der Waals surface area contributed by atoms with Crippen molar-refractivity contribution in [3.63, 3.8) is 0 Å². The van der Waals surface area contributed by atoms with E-state index in [2.05, 4.69) is 0 Å². The SMILES string of the molecule is CC(C)(C)N1CC(C(=O)N(CCO)Cc2ccccc2)CC1=O. The fourth-order valence-electron chi connectivity index (χ4n) is 2.97. The minimum absolute atomic E-state index is 0.0273. The van der Waals surface area contributed by atoms with Crippen molar-refractivity contribution in [3.8, 4) is 0 Å². The van der Waals surface area contributed by atoms with Gasteiger partial charge in [-0.1, -0.05) is 30.3 Å². The molecule has 0 radical (unpaired) electrons. The first-order valence-corrected chi connectivity index (χ1v) is 8.07. The van der Waals surface area contributed by atoms with Crippen molar-refractivity contribution in [1.29, 1.82) is 0 Å². The monoisotopic (exact) mass is 318 g/mol. The Kier molecular flexibility index (Phi) is 5.42. The van der Waals surface area contributed by atoms with E-state index in [9.17, 15) is 14.7 Å². The number of nitrogens with zero attached hydrogens (tertiary/aromatic N) is 2. The highest BCUT2D eigenvalue weighted by Crippen LogP contribution is 2.27. The third kappa shape index (κ3) is 4.32. The first-order valence-electron chi connectivity index (χ1n) is 8.07. The molecule has 1 N–H and O–H groups in total. The van der Waals surface area contributed by atoms with Crippen LogP contribution in [0.15, 0.2) is 30.3 Å². The van der Waals surface area contributed by atoms with Crippen LogP contribution in [0.4, 0.5) is 0 Å². The third-order valence-electron chi connectivity index (χ3n) is 4.18. The van der Waals surface area contributed by atoms with Gasteiger partial charge in [-0.25, -0.2) is 0 Å². The molecule has 0 saturated carbocycles. The third-order valence-corrected chi connectivity index (χ3v) is 4.18. The van der Waals surface area contributed by atoms with Gasteiger partial charge in [0.25, 0.3) is 0 Å². The number of benzene rings is 1. The van der Waals surface area contributed by atoms with E-state index in [0.29, 0.717) is 13.1 Å². The van der Waals surface area contributed by atoms with Gasteiger partial charge < -0.3 is 14.9 Å². The average molecular weight is 318 g/mol. The molecular weight excluding hydrogens is 292 g/mol. The standard InChI is InChI=1S/C18H26N2O3/c1-18(2,3)20-13-15(11-16(20)22)17(23)19(9-10-21)12-14-7-5-4-6-8-14/h4-8,15,21H,9-13H2,1-3H3. The number of aliphatic hydroxyl groups excluding tert-OH is 1. The fourth-order valence-corrected chi connectivity index (χ4v) is 2.97. The molecule has 1 atom stereocenters. The first-order chi connectivity index (χ1) is 10.8. The van der Waals surface area contributed by atoms with Gasteiger partial charge in [0.1, 0.15) is 0 Å². The predicted molar refractivity (Wildman–Crippen MR) is 88.5 cm³/mol. The largest absolute Gasteiger partial charge is 0.395 e. The second-order valence-corrected chi connectivity index (χ2v) is 7.05. The summed E-state index contributed by atoms with van der Waals surface area (Å²) in [6.07, 6.45) is 0.257. The summed E-state index contributed by atoms with van der Waals surface area (Å²) < 4.78 is 0. The highest BCUT2D eigenvalue weighted by molar-refractivity contribution is 5.89.